The van der Waals surface area contributed by atoms with Gasteiger partial charge in [0.15, 0.2) is 0 Å². The fourth-order valence-corrected chi connectivity index (χ4v) is 3.35. The quantitative estimate of drug-likeness (QED) is 0.326. The van der Waals surface area contributed by atoms with Crippen LogP contribution in [0, 0.1) is 0 Å². The minimum absolute atomic E-state index is 0.115. The highest BCUT2D eigenvalue weighted by Gasteiger charge is 2.20. The van der Waals surface area contributed by atoms with Gasteiger partial charge >= 0.3 is 6.03 Å². The van der Waals surface area contributed by atoms with Crippen LogP contribution in [0.25, 0.3) is 11.3 Å². The van der Waals surface area contributed by atoms with Crippen molar-refractivity contribution in [3.63, 3.8) is 0 Å². The van der Waals surface area contributed by atoms with Gasteiger partial charge in [-0.05, 0) is 41.3 Å². The highest BCUT2D eigenvalue weighted by atomic mass is 16.5. The zero-order chi connectivity index (χ0) is 23.4. The van der Waals surface area contributed by atoms with Crippen molar-refractivity contribution in [3.8, 4) is 22.9 Å². The molecule has 2 aromatic carbocycles. The first-order valence-corrected chi connectivity index (χ1v) is 10.5. The summed E-state index contributed by atoms with van der Waals surface area (Å²) in [6, 6.07) is 19.4. The Morgan fingerprint density at radius 3 is 2.39 bits per heavy atom. The largest absolute Gasteiger partial charge is 0.437 e. The Hall–Kier alpha value is -4.33. The molecular formula is C25H25N5O3. The van der Waals surface area contributed by atoms with E-state index < -0.39 is 6.03 Å². The molecule has 168 valence electrons. The van der Waals surface area contributed by atoms with Gasteiger partial charge in [-0.2, -0.15) is 0 Å². The van der Waals surface area contributed by atoms with E-state index in [0.717, 1.165) is 11.1 Å². The molecule has 33 heavy (non-hydrogen) atoms. The van der Waals surface area contributed by atoms with Crippen LogP contribution in [-0.2, 0) is 5.41 Å². The normalized spacial score (nSPS) is 11.1. The number of nitrogens with zero attached hydrogens (tertiary/aromatic N) is 1. The Labute approximate surface area is 191 Å². The summed E-state index contributed by atoms with van der Waals surface area (Å²) in [6.45, 7) is 6.33. The minimum Gasteiger partial charge on any atom is -0.437 e. The number of aromatic amines is 2. The molecule has 0 aliphatic rings. The SMILES string of the molecule is CC(C)(C)c1ccccc1Oc1ncccc1NC(=O)Nc1ccc(-c2cc(=O)[nH][nH]2)cc1. The lowest BCUT2D eigenvalue weighted by molar-refractivity contribution is 0.262. The van der Waals surface area contributed by atoms with Crippen molar-refractivity contribution in [2.24, 2.45) is 0 Å². The maximum atomic E-state index is 12.6. The average molecular weight is 444 g/mol. The van der Waals surface area contributed by atoms with Gasteiger partial charge in [0.05, 0.1) is 5.69 Å². The molecule has 2 amide bonds. The minimum atomic E-state index is -0.431. The molecule has 0 saturated carbocycles. The summed E-state index contributed by atoms with van der Waals surface area (Å²) in [6.07, 6.45) is 1.61. The summed E-state index contributed by atoms with van der Waals surface area (Å²) in [5, 5.41) is 10.9. The Morgan fingerprint density at radius 2 is 1.70 bits per heavy atom. The second-order valence-electron chi connectivity index (χ2n) is 8.53. The summed E-state index contributed by atoms with van der Waals surface area (Å²) in [5.74, 6) is 0.988. The molecule has 4 N–H and O–H groups in total. The Morgan fingerprint density at radius 1 is 0.939 bits per heavy atom. The zero-order valence-corrected chi connectivity index (χ0v) is 18.6. The number of carbonyl (C=O) groups excluding carboxylic acids is 1. The van der Waals surface area contributed by atoms with Crippen molar-refractivity contribution in [1.82, 2.24) is 15.2 Å². The average Bonchev–Trinajstić information content (AvgIpc) is 3.21. The number of hydrogen-bond acceptors (Lipinski definition) is 4. The van der Waals surface area contributed by atoms with E-state index in [4.69, 9.17) is 4.74 Å². The van der Waals surface area contributed by atoms with Crippen molar-refractivity contribution in [2.45, 2.75) is 26.2 Å². The molecule has 0 aliphatic heterocycles. The molecule has 0 atom stereocenters. The fraction of sp³-hybridized carbons (Fsp3) is 0.160. The van der Waals surface area contributed by atoms with Crippen LogP contribution in [0.15, 0.2) is 77.7 Å². The maximum Gasteiger partial charge on any atom is 0.323 e. The van der Waals surface area contributed by atoms with Crippen LogP contribution < -0.4 is 20.9 Å². The second-order valence-corrected chi connectivity index (χ2v) is 8.53. The van der Waals surface area contributed by atoms with Crippen LogP contribution in [0.1, 0.15) is 26.3 Å². The van der Waals surface area contributed by atoms with Crippen molar-refractivity contribution in [2.75, 3.05) is 10.6 Å². The first-order valence-electron chi connectivity index (χ1n) is 10.5. The van der Waals surface area contributed by atoms with Gasteiger partial charge in [-0.15, -0.1) is 0 Å². The molecule has 8 heteroatoms. The number of carbonyl (C=O) groups is 1. The van der Waals surface area contributed by atoms with E-state index in [0.29, 0.717) is 28.7 Å². The highest BCUT2D eigenvalue weighted by molar-refractivity contribution is 6.00. The molecule has 4 rings (SSSR count). The molecule has 8 nitrogen and oxygen atoms in total. The number of benzene rings is 2. The van der Waals surface area contributed by atoms with Gasteiger partial charge in [0.2, 0.25) is 5.88 Å². The first kappa shape index (κ1) is 21.9. The van der Waals surface area contributed by atoms with Crippen LogP contribution in [0.5, 0.6) is 11.6 Å². The first-order chi connectivity index (χ1) is 15.8. The summed E-state index contributed by atoms with van der Waals surface area (Å²) >= 11 is 0. The number of H-pyrrole nitrogens is 2. The lowest BCUT2D eigenvalue weighted by atomic mass is 9.86. The van der Waals surface area contributed by atoms with E-state index in [-0.39, 0.29) is 11.0 Å². The van der Waals surface area contributed by atoms with Crippen LogP contribution in [0.3, 0.4) is 0 Å². The number of para-hydroxylation sites is 1. The van der Waals surface area contributed by atoms with Crippen LogP contribution in [0.2, 0.25) is 0 Å². The molecule has 4 aromatic rings. The number of amides is 2. The third-order valence-electron chi connectivity index (χ3n) is 4.97. The van der Waals surface area contributed by atoms with Crippen molar-refractivity contribution >= 4 is 17.4 Å². The summed E-state index contributed by atoms with van der Waals surface area (Å²) in [5.41, 5.74) is 3.25. The molecule has 2 aromatic heterocycles. The molecule has 0 spiro atoms. The smallest absolute Gasteiger partial charge is 0.323 e. The van der Waals surface area contributed by atoms with Gasteiger partial charge < -0.3 is 15.4 Å². The maximum absolute atomic E-state index is 12.6. The molecule has 0 aliphatic carbocycles. The number of aromatic nitrogens is 3. The van der Waals surface area contributed by atoms with Crippen LogP contribution >= 0.6 is 0 Å². The molecular weight excluding hydrogens is 418 g/mol. The van der Waals surface area contributed by atoms with Gasteiger partial charge in [0.1, 0.15) is 11.4 Å². The lowest BCUT2D eigenvalue weighted by Crippen LogP contribution is -2.20. The Kier molecular flexibility index (Phi) is 5.99. The summed E-state index contributed by atoms with van der Waals surface area (Å²) in [4.78, 5) is 28.2. The second kappa shape index (κ2) is 9.04. The Balaban J connectivity index is 1.47. The van der Waals surface area contributed by atoms with Gasteiger partial charge in [-0.1, -0.05) is 51.1 Å². The van der Waals surface area contributed by atoms with Gasteiger partial charge in [0, 0.05) is 23.5 Å². The Bertz CT molecular complexity index is 1320. The summed E-state index contributed by atoms with van der Waals surface area (Å²) in [7, 11) is 0. The van der Waals surface area contributed by atoms with E-state index in [2.05, 4.69) is 46.6 Å². The molecule has 2 heterocycles. The van der Waals surface area contributed by atoms with Gasteiger partial charge in [0.25, 0.3) is 5.56 Å². The van der Waals surface area contributed by atoms with Crippen LogP contribution in [-0.4, -0.2) is 21.2 Å². The molecule has 0 saturated heterocycles. The third-order valence-corrected chi connectivity index (χ3v) is 4.97. The molecule has 0 fully saturated rings. The van der Waals surface area contributed by atoms with Crippen molar-refractivity contribution < 1.29 is 9.53 Å². The predicted molar refractivity (Wildman–Crippen MR) is 129 cm³/mol. The molecule has 0 radical (unpaired) electrons. The van der Waals surface area contributed by atoms with E-state index in [1.54, 1.807) is 42.6 Å². The third kappa shape index (κ3) is 5.30. The van der Waals surface area contributed by atoms with E-state index in [1.165, 1.54) is 6.07 Å². The van der Waals surface area contributed by atoms with Gasteiger partial charge in [-0.3, -0.25) is 15.0 Å². The fourth-order valence-electron chi connectivity index (χ4n) is 3.35. The lowest BCUT2D eigenvalue weighted by Gasteiger charge is -2.22. The topological polar surface area (TPSA) is 112 Å². The van der Waals surface area contributed by atoms with E-state index in [1.807, 2.05) is 24.3 Å². The van der Waals surface area contributed by atoms with E-state index in [9.17, 15) is 9.59 Å². The van der Waals surface area contributed by atoms with Gasteiger partial charge in [-0.25, -0.2) is 9.78 Å². The zero-order valence-electron chi connectivity index (χ0n) is 18.6. The van der Waals surface area contributed by atoms with Crippen molar-refractivity contribution in [1.29, 1.82) is 0 Å². The van der Waals surface area contributed by atoms with Crippen molar-refractivity contribution in [3.05, 3.63) is 88.8 Å². The number of pyridine rings is 1. The highest BCUT2D eigenvalue weighted by Crippen LogP contribution is 2.35. The molecule has 0 unspecified atom stereocenters. The number of anilines is 2. The summed E-state index contributed by atoms with van der Waals surface area (Å²) < 4.78 is 6.10. The number of hydrogen-bond donors (Lipinski definition) is 4. The predicted octanol–water partition coefficient (Wildman–Crippen LogP) is 5.50. The number of rotatable bonds is 5. The number of urea groups is 1. The molecule has 0 bridgehead atoms. The van der Waals surface area contributed by atoms with Crippen LogP contribution in [0.4, 0.5) is 16.2 Å². The standard InChI is InChI=1S/C25H25N5O3/c1-25(2,3)18-7-4-5-9-21(18)33-23-19(8-6-14-26-23)28-24(32)27-17-12-10-16(11-13-17)20-15-22(31)30-29-20/h4-15H,1-3H3,(H2,27,28,32)(H2,29,30,31). The number of nitrogens with one attached hydrogen (secondary N) is 4. The monoisotopic (exact) mass is 443 g/mol. The van der Waals surface area contributed by atoms with E-state index >= 15 is 0 Å². The number of ether oxygens (including phenoxy) is 1.